The number of fused-ring (bicyclic) bond motifs is 1. The molecule has 0 fully saturated rings. The van der Waals surface area contributed by atoms with Gasteiger partial charge in [-0.05, 0) is 6.42 Å². The van der Waals surface area contributed by atoms with Crippen LogP contribution < -0.4 is 39.2 Å². The number of urea groups is 1. The van der Waals surface area contributed by atoms with E-state index in [1.807, 2.05) is 6.92 Å². The minimum absolute atomic E-state index is 0. The first-order chi connectivity index (χ1) is 12.8. The number of amides is 2. The van der Waals surface area contributed by atoms with E-state index >= 15 is 0 Å². The summed E-state index contributed by atoms with van der Waals surface area (Å²) in [5.74, 6) is 0.269. The van der Waals surface area contributed by atoms with Crippen LogP contribution in [0.1, 0.15) is 26.2 Å². The third-order valence-corrected chi connectivity index (χ3v) is 4.45. The number of carbonyl (C=O) groups is 1. The monoisotopic (exact) mass is 415 g/mol. The molecule has 0 aromatic carbocycles. The molecule has 28 heavy (non-hydrogen) atoms. The second-order valence-corrected chi connectivity index (χ2v) is 7.01. The number of quaternary nitrogens is 1. The Balaban J connectivity index is 0.00000392. The minimum Gasteiger partial charge on any atom is -1.00 e. The summed E-state index contributed by atoms with van der Waals surface area (Å²) in [6, 6.07) is -0.375. The third-order valence-electron chi connectivity index (χ3n) is 4.45. The number of unbranched alkanes of at least 4 members (excludes halogenated alkanes) is 1. The van der Waals surface area contributed by atoms with Gasteiger partial charge in [0.2, 0.25) is 5.95 Å². The summed E-state index contributed by atoms with van der Waals surface area (Å²) >= 11 is 0. The maximum Gasteiger partial charge on any atom is 0.332 e. The Morgan fingerprint density at radius 1 is 1.14 bits per heavy atom. The van der Waals surface area contributed by atoms with Gasteiger partial charge in [-0.1, -0.05) is 13.3 Å². The number of aromatic nitrogens is 4. The summed E-state index contributed by atoms with van der Waals surface area (Å²) in [6.07, 6.45) is 2.65. The lowest BCUT2D eigenvalue weighted by Gasteiger charge is -2.12. The van der Waals surface area contributed by atoms with E-state index in [9.17, 15) is 14.4 Å². The molecule has 2 rings (SSSR count). The van der Waals surface area contributed by atoms with Crippen LogP contribution in [0.2, 0.25) is 0 Å². The lowest BCUT2D eigenvalue weighted by atomic mass is 10.3. The molecule has 2 aromatic heterocycles. The first-order valence-electron chi connectivity index (χ1n) is 9.28. The molecule has 3 N–H and O–H groups in total. The lowest BCUT2D eigenvalue weighted by molar-refractivity contribution is -0.858. The molecule has 10 nitrogen and oxygen atoms in total. The first-order valence-corrected chi connectivity index (χ1v) is 9.28. The van der Waals surface area contributed by atoms with E-state index in [1.54, 1.807) is 11.6 Å². The lowest BCUT2D eigenvalue weighted by Crippen LogP contribution is -3.05. The number of halogens is 1. The van der Waals surface area contributed by atoms with Crippen LogP contribution in [0.15, 0.2) is 9.59 Å². The Bertz CT molecular complexity index is 929. The van der Waals surface area contributed by atoms with E-state index < -0.39 is 11.2 Å². The Morgan fingerprint density at radius 2 is 1.82 bits per heavy atom. The molecule has 2 heterocycles. The van der Waals surface area contributed by atoms with E-state index in [0.29, 0.717) is 18.6 Å². The van der Waals surface area contributed by atoms with Crippen molar-refractivity contribution in [2.24, 2.45) is 14.1 Å². The van der Waals surface area contributed by atoms with Gasteiger partial charge in [-0.2, -0.15) is 4.98 Å². The average Bonchev–Trinajstić information content (AvgIpc) is 2.96. The van der Waals surface area contributed by atoms with Crippen LogP contribution in [0.25, 0.3) is 11.2 Å². The highest BCUT2D eigenvalue weighted by atomic mass is 35.5. The van der Waals surface area contributed by atoms with Gasteiger partial charge in [0.05, 0.1) is 20.6 Å². The largest absolute Gasteiger partial charge is 1.00 e. The number of aryl methyl sites for hydroxylation is 2. The number of hydrogen-bond donors (Lipinski definition) is 3. The average molecular weight is 416 g/mol. The quantitative estimate of drug-likeness (QED) is 0.381. The van der Waals surface area contributed by atoms with Crippen molar-refractivity contribution in [1.29, 1.82) is 0 Å². The Hall–Kier alpha value is -2.33. The summed E-state index contributed by atoms with van der Waals surface area (Å²) in [5.41, 5.74) is -0.285. The van der Waals surface area contributed by atoms with Gasteiger partial charge in [0.15, 0.2) is 11.2 Å². The first kappa shape index (κ1) is 23.7. The molecule has 158 valence electrons. The molecule has 0 saturated heterocycles. The zero-order valence-electron chi connectivity index (χ0n) is 17.1. The molecular weight excluding hydrogens is 386 g/mol. The number of nitrogens with zero attached hydrogens (tertiary/aromatic N) is 4. The predicted molar refractivity (Wildman–Crippen MR) is 104 cm³/mol. The van der Waals surface area contributed by atoms with Gasteiger partial charge in [0.25, 0.3) is 5.56 Å². The van der Waals surface area contributed by atoms with Crippen LogP contribution in [0.4, 0.5) is 10.7 Å². The normalized spacial score (nSPS) is 10.9. The Kier molecular flexibility index (Phi) is 8.70. The Morgan fingerprint density at radius 3 is 2.43 bits per heavy atom. The molecule has 0 aliphatic carbocycles. The predicted octanol–water partition coefficient (Wildman–Crippen LogP) is -4.11. The van der Waals surface area contributed by atoms with Crippen LogP contribution in [-0.4, -0.2) is 51.9 Å². The zero-order valence-corrected chi connectivity index (χ0v) is 17.9. The van der Waals surface area contributed by atoms with E-state index in [1.165, 1.54) is 16.5 Å². The maximum absolute atomic E-state index is 12.7. The second-order valence-electron chi connectivity index (χ2n) is 7.01. The molecule has 11 heteroatoms. The van der Waals surface area contributed by atoms with Gasteiger partial charge < -0.3 is 27.2 Å². The summed E-state index contributed by atoms with van der Waals surface area (Å²) in [6.45, 7) is 4.02. The van der Waals surface area contributed by atoms with Crippen LogP contribution in [0, 0.1) is 0 Å². The van der Waals surface area contributed by atoms with Crippen LogP contribution >= 0.6 is 0 Å². The highest BCUT2D eigenvalue weighted by Crippen LogP contribution is 2.16. The van der Waals surface area contributed by atoms with Crippen molar-refractivity contribution in [1.82, 2.24) is 24.0 Å². The van der Waals surface area contributed by atoms with Gasteiger partial charge in [-0.15, -0.1) is 0 Å². The highest BCUT2D eigenvalue weighted by Gasteiger charge is 2.20. The molecule has 0 saturated carbocycles. The fourth-order valence-electron chi connectivity index (χ4n) is 2.87. The smallest absolute Gasteiger partial charge is 0.332 e. The third kappa shape index (κ3) is 5.14. The van der Waals surface area contributed by atoms with E-state index in [4.69, 9.17) is 0 Å². The molecule has 0 aliphatic rings. The van der Waals surface area contributed by atoms with Crippen molar-refractivity contribution in [3.63, 3.8) is 0 Å². The number of hydrogen-bond acceptors (Lipinski definition) is 4. The fourth-order valence-corrected chi connectivity index (χ4v) is 2.87. The molecule has 2 amide bonds. The van der Waals surface area contributed by atoms with Crippen molar-refractivity contribution >= 4 is 23.1 Å². The van der Waals surface area contributed by atoms with Gasteiger partial charge in [-0.3, -0.25) is 19.2 Å². The van der Waals surface area contributed by atoms with E-state index in [2.05, 4.69) is 29.7 Å². The molecule has 0 aliphatic heterocycles. The number of imidazole rings is 1. The molecule has 0 atom stereocenters. The van der Waals surface area contributed by atoms with Gasteiger partial charge in [-0.25, -0.2) is 9.59 Å². The van der Waals surface area contributed by atoms with E-state index in [-0.39, 0.29) is 30.0 Å². The molecular formula is C17H30ClN7O3. The van der Waals surface area contributed by atoms with Gasteiger partial charge >= 0.3 is 11.7 Å². The molecule has 2 aromatic rings. The SMILES string of the molecule is CCCCNC(=O)Nc1nc2c(c(=O)n(C)c(=O)n2C)n1CCC[NH+](C)C.[Cl-]. The minimum atomic E-state index is -0.450. The van der Waals surface area contributed by atoms with Crippen molar-refractivity contribution in [3.8, 4) is 0 Å². The summed E-state index contributed by atoms with van der Waals surface area (Å²) in [7, 11) is 7.11. The topological polar surface area (TPSA) is 107 Å². The number of carbonyl (C=O) groups excluding carboxylic acids is 1. The Labute approximate surface area is 169 Å². The molecule has 0 spiro atoms. The molecule has 0 bridgehead atoms. The van der Waals surface area contributed by atoms with E-state index in [0.717, 1.165) is 30.4 Å². The number of rotatable bonds is 8. The summed E-state index contributed by atoms with van der Waals surface area (Å²) < 4.78 is 4.08. The van der Waals surface area contributed by atoms with Crippen LogP contribution in [-0.2, 0) is 20.6 Å². The second kappa shape index (κ2) is 10.3. The fraction of sp³-hybridized carbons (Fsp3) is 0.647. The van der Waals surface area contributed by atoms with Crippen molar-refractivity contribution < 1.29 is 22.1 Å². The maximum atomic E-state index is 12.7. The van der Waals surface area contributed by atoms with Crippen LogP contribution in [0.3, 0.4) is 0 Å². The molecule has 0 radical (unpaired) electrons. The zero-order chi connectivity index (χ0) is 20.1. The van der Waals surface area contributed by atoms with Crippen molar-refractivity contribution in [2.45, 2.75) is 32.7 Å². The van der Waals surface area contributed by atoms with Crippen molar-refractivity contribution in [3.05, 3.63) is 20.8 Å². The highest BCUT2D eigenvalue weighted by molar-refractivity contribution is 5.89. The van der Waals surface area contributed by atoms with Gasteiger partial charge in [0.1, 0.15) is 0 Å². The standard InChI is InChI=1S/C17H29N7O3.ClH/c1-6-7-9-18-16(26)20-15-19-13-12(24(15)11-8-10-21(2)3)14(25)23(5)17(27)22(13)4;/h6-11H2,1-5H3,(H2,18,19,20,26);1H. The van der Waals surface area contributed by atoms with Gasteiger partial charge in [0, 0.05) is 33.6 Å². The number of anilines is 1. The molecule has 0 unspecified atom stereocenters. The summed E-state index contributed by atoms with van der Waals surface area (Å²) in [5, 5.41) is 5.49. The summed E-state index contributed by atoms with van der Waals surface area (Å²) in [4.78, 5) is 42.7. The van der Waals surface area contributed by atoms with Crippen LogP contribution in [0.5, 0.6) is 0 Å². The number of nitrogens with one attached hydrogen (secondary N) is 3. The van der Waals surface area contributed by atoms with Crippen molar-refractivity contribution in [2.75, 3.05) is 32.5 Å².